The second kappa shape index (κ2) is 4.22. The minimum atomic E-state index is 0.746. The number of rotatable bonds is 0. The summed E-state index contributed by atoms with van der Waals surface area (Å²) in [6.45, 7) is 4.74. The third-order valence-corrected chi connectivity index (χ3v) is 4.86. The van der Waals surface area contributed by atoms with Gasteiger partial charge in [-0.25, -0.2) is 0 Å². The van der Waals surface area contributed by atoms with Gasteiger partial charge in [-0.05, 0) is 44.3 Å². The molecule has 1 aliphatic heterocycles. The molecule has 2 rings (SSSR count). The molecular formula is C11H21NS. The molecule has 2 fully saturated rings. The van der Waals surface area contributed by atoms with E-state index >= 15 is 0 Å². The fourth-order valence-electron chi connectivity index (χ4n) is 2.55. The van der Waals surface area contributed by atoms with E-state index in [1.54, 1.807) is 0 Å². The highest BCUT2D eigenvalue weighted by atomic mass is 32.2. The third kappa shape index (κ3) is 2.41. The molecule has 4 unspecified atom stereocenters. The minimum Gasteiger partial charge on any atom is -0.310 e. The first kappa shape index (κ1) is 9.85. The van der Waals surface area contributed by atoms with Crippen molar-refractivity contribution in [2.75, 3.05) is 5.75 Å². The lowest BCUT2D eigenvalue weighted by Gasteiger charge is -2.34. The standard InChI is InChI=1S/C11H21NS/c1-8-3-4-10-11(7-8)13-6-5-9(2)12-10/h8-12H,3-7H2,1-2H3. The van der Waals surface area contributed by atoms with Gasteiger partial charge in [0.2, 0.25) is 0 Å². The number of fused-ring (bicyclic) bond motifs is 1. The highest BCUT2D eigenvalue weighted by Crippen LogP contribution is 2.34. The number of hydrogen-bond donors (Lipinski definition) is 1. The zero-order valence-corrected chi connectivity index (χ0v) is 9.57. The molecule has 4 atom stereocenters. The first-order valence-electron chi connectivity index (χ1n) is 5.63. The molecule has 1 nitrogen and oxygen atoms in total. The SMILES string of the molecule is CC1CCC2NC(C)CCSC2C1. The summed E-state index contributed by atoms with van der Waals surface area (Å²) in [5.74, 6) is 2.33. The molecule has 76 valence electrons. The molecule has 2 heteroatoms. The Labute approximate surface area is 86.0 Å². The van der Waals surface area contributed by atoms with E-state index in [2.05, 4.69) is 30.9 Å². The van der Waals surface area contributed by atoms with Crippen molar-refractivity contribution in [2.24, 2.45) is 5.92 Å². The van der Waals surface area contributed by atoms with E-state index in [1.807, 2.05) is 0 Å². The lowest BCUT2D eigenvalue weighted by molar-refractivity contribution is 0.303. The van der Waals surface area contributed by atoms with E-state index in [4.69, 9.17) is 0 Å². The fourth-order valence-corrected chi connectivity index (χ4v) is 4.25. The maximum absolute atomic E-state index is 3.78. The van der Waals surface area contributed by atoms with Gasteiger partial charge in [0, 0.05) is 17.3 Å². The van der Waals surface area contributed by atoms with Gasteiger partial charge in [-0.3, -0.25) is 0 Å². The van der Waals surface area contributed by atoms with Crippen LogP contribution in [0.2, 0.25) is 0 Å². The van der Waals surface area contributed by atoms with E-state index < -0.39 is 0 Å². The topological polar surface area (TPSA) is 12.0 Å². The quantitative estimate of drug-likeness (QED) is 0.644. The molecule has 1 aliphatic carbocycles. The predicted octanol–water partition coefficient (Wildman–Crippen LogP) is 2.66. The Balaban J connectivity index is 1.97. The van der Waals surface area contributed by atoms with Gasteiger partial charge in [-0.2, -0.15) is 11.8 Å². The maximum atomic E-state index is 3.78. The van der Waals surface area contributed by atoms with Crippen molar-refractivity contribution in [2.45, 2.75) is 56.9 Å². The first-order chi connectivity index (χ1) is 6.25. The van der Waals surface area contributed by atoms with Gasteiger partial charge in [-0.15, -0.1) is 0 Å². The molecule has 0 aromatic carbocycles. The molecule has 0 spiro atoms. The summed E-state index contributed by atoms with van der Waals surface area (Å²) in [5.41, 5.74) is 0. The van der Waals surface area contributed by atoms with Crippen LogP contribution in [0.3, 0.4) is 0 Å². The zero-order valence-electron chi connectivity index (χ0n) is 8.75. The smallest absolute Gasteiger partial charge is 0.0203 e. The summed E-state index contributed by atoms with van der Waals surface area (Å²) in [5, 5.41) is 4.69. The van der Waals surface area contributed by atoms with Crippen molar-refractivity contribution >= 4 is 11.8 Å². The number of hydrogen-bond acceptors (Lipinski definition) is 2. The summed E-state index contributed by atoms with van der Waals surface area (Å²) in [7, 11) is 0. The molecule has 1 N–H and O–H groups in total. The van der Waals surface area contributed by atoms with Crippen molar-refractivity contribution in [3.8, 4) is 0 Å². The summed E-state index contributed by atoms with van der Waals surface area (Å²) in [6.07, 6.45) is 5.63. The monoisotopic (exact) mass is 199 g/mol. The van der Waals surface area contributed by atoms with Crippen molar-refractivity contribution < 1.29 is 0 Å². The summed E-state index contributed by atoms with van der Waals surface area (Å²) in [6, 6.07) is 1.56. The molecule has 13 heavy (non-hydrogen) atoms. The molecule has 2 aliphatic rings. The molecule has 0 aromatic rings. The average Bonchev–Trinajstić information content (AvgIpc) is 2.25. The average molecular weight is 199 g/mol. The molecule has 1 saturated carbocycles. The second-order valence-electron chi connectivity index (χ2n) is 4.79. The van der Waals surface area contributed by atoms with Gasteiger partial charge in [0.15, 0.2) is 0 Å². The van der Waals surface area contributed by atoms with E-state index in [-0.39, 0.29) is 0 Å². The van der Waals surface area contributed by atoms with Gasteiger partial charge in [0.05, 0.1) is 0 Å². The third-order valence-electron chi connectivity index (χ3n) is 3.44. The van der Waals surface area contributed by atoms with Crippen LogP contribution in [0.25, 0.3) is 0 Å². The van der Waals surface area contributed by atoms with Crippen LogP contribution in [0.4, 0.5) is 0 Å². The Morgan fingerprint density at radius 3 is 2.85 bits per heavy atom. The van der Waals surface area contributed by atoms with Gasteiger partial charge in [0.25, 0.3) is 0 Å². The first-order valence-corrected chi connectivity index (χ1v) is 6.68. The summed E-state index contributed by atoms with van der Waals surface area (Å²) < 4.78 is 0. The van der Waals surface area contributed by atoms with Crippen LogP contribution in [-0.4, -0.2) is 23.1 Å². The van der Waals surface area contributed by atoms with Crippen molar-refractivity contribution in [1.29, 1.82) is 0 Å². The molecule has 1 saturated heterocycles. The Bertz CT molecular complexity index is 169. The van der Waals surface area contributed by atoms with Crippen molar-refractivity contribution in [3.05, 3.63) is 0 Å². The molecule has 0 aromatic heterocycles. The summed E-state index contributed by atoms with van der Waals surface area (Å²) >= 11 is 2.21. The Morgan fingerprint density at radius 1 is 1.15 bits per heavy atom. The van der Waals surface area contributed by atoms with Crippen LogP contribution in [0.15, 0.2) is 0 Å². The van der Waals surface area contributed by atoms with Crippen molar-refractivity contribution in [3.63, 3.8) is 0 Å². The minimum absolute atomic E-state index is 0.746. The van der Waals surface area contributed by atoms with Gasteiger partial charge in [0.1, 0.15) is 0 Å². The fraction of sp³-hybridized carbons (Fsp3) is 1.00. The maximum Gasteiger partial charge on any atom is 0.0203 e. The van der Waals surface area contributed by atoms with Gasteiger partial charge in [-0.1, -0.05) is 6.92 Å². The Kier molecular flexibility index (Phi) is 3.20. The van der Waals surface area contributed by atoms with Gasteiger partial charge < -0.3 is 5.32 Å². The molecule has 0 radical (unpaired) electrons. The molecule has 0 amide bonds. The number of thioether (sulfide) groups is 1. The predicted molar refractivity (Wildman–Crippen MR) is 60.3 cm³/mol. The lowest BCUT2D eigenvalue weighted by atomic mass is 9.86. The Hall–Kier alpha value is 0.310. The van der Waals surface area contributed by atoms with E-state index in [9.17, 15) is 0 Å². The molecule has 1 heterocycles. The Morgan fingerprint density at radius 2 is 2.00 bits per heavy atom. The van der Waals surface area contributed by atoms with Crippen molar-refractivity contribution in [1.82, 2.24) is 5.32 Å². The van der Waals surface area contributed by atoms with Gasteiger partial charge >= 0.3 is 0 Å². The number of nitrogens with one attached hydrogen (secondary N) is 1. The van der Waals surface area contributed by atoms with E-state index in [1.165, 1.54) is 31.4 Å². The van der Waals surface area contributed by atoms with Crippen LogP contribution >= 0.6 is 11.8 Å². The van der Waals surface area contributed by atoms with Crippen LogP contribution in [-0.2, 0) is 0 Å². The molecular weight excluding hydrogens is 178 g/mol. The second-order valence-corrected chi connectivity index (χ2v) is 6.14. The lowest BCUT2D eigenvalue weighted by Crippen LogP contribution is -2.44. The highest BCUT2D eigenvalue weighted by Gasteiger charge is 2.31. The van der Waals surface area contributed by atoms with Crippen LogP contribution in [0.1, 0.15) is 39.5 Å². The van der Waals surface area contributed by atoms with E-state index in [0.717, 1.165) is 23.3 Å². The van der Waals surface area contributed by atoms with Crippen LogP contribution in [0.5, 0.6) is 0 Å². The van der Waals surface area contributed by atoms with Crippen LogP contribution < -0.4 is 5.32 Å². The molecule has 0 bridgehead atoms. The normalized spacial score (nSPS) is 46.6. The van der Waals surface area contributed by atoms with Crippen LogP contribution in [0, 0.1) is 5.92 Å². The van der Waals surface area contributed by atoms with E-state index in [0.29, 0.717) is 0 Å². The summed E-state index contributed by atoms with van der Waals surface area (Å²) in [4.78, 5) is 0. The zero-order chi connectivity index (χ0) is 9.26. The largest absolute Gasteiger partial charge is 0.310 e. The highest BCUT2D eigenvalue weighted by molar-refractivity contribution is 7.99.